The molecule has 0 amide bonds. The fraction of sp³-hybridized carbons (Fsp3) is 0.625. The summed E-state index contributed by atoms with van der Waals surface area (Å²) in [6, 6.07) is 5.41. The monoisotopic (exact) mass is 301 g/mol. The van der Waals surface area contributed by atoms with Crippen LogP contribution in [0.3, 0.4) is 0 Å². The number of piperidine rings is 1. The molecule has 118 valence electrons. The lowest BCUT2D eigenvalue weighted by molar-refractivity contribution is -0.139. The second-order valence-corrected chi connectivity index (χ2v) is 5.51. The summed E-state index contributed by atoms with van der Waals surface area (Å²) >= 11 is 0. The molecule has 0 N–H and O–H groups in total. The molecule has 0 radical (unpaired) electrons. The number of hydrogen-bond acceptors (Lipinski definition) is 2. The van der Waals surface area contributed by atoms with Gasteiger partial charge >= 0.3 is 6.18 Å². The van der Waals surface area contributed by atoms with Crippen molar-refractivity contribution in [2.24, 2.45) is 5.92 Å². The van der Waals surface area contributed by atoms with Crippen LogP contribution in [0, 0.1) is 5.92 Å². The maximum absolute atomic E-state index is 12.8. The molecule has 2 nitrogen and oxygen atoms in total. The third-order valence-electron chi connectivity index (χ3n) is 4.13. The maximum atomic E-state index is 12.8. The topological polar surface area (TPSA) is 12.5 Å². The molecule has 1 heterocycles. The average molecular weight is 301 g/mol. The van der Waals surface area contributed by atoms with E-state index in [1.807, 2.05) is 0 Å². The smallest absolute Gasteiger partial charge is 0.419 e. The Balaban J connectivity index is 1.82. The second-order valence-electron chi connectivity index (χ2n) is 5.51. The largest absolute Gasteiger partial charge is 0.493 e. The van der Waals surface area contributed by atoms with Gasteiger partial charge < -0.3 is 9.64 Å². The number of para-hydroxylation sites is 1. The van der Waals surface area contributed by atoms with Crippen LogP contribution in [0.25, 0.3) is 0 Å². The highest BCUT2D eigenvalue weighted by atomic mass is 19.4. The van der Waals surface area contributed by atoms with E-state index in [1.54, 1.807) is 6.07 Å². The summed E-state index contributed by atoms with van der Waals surface area (Å²) < 4.78 is 43.9. The van der Waals surface area contributed by atoms with Crippen LogP contribution in [-0.4, -0.2) is 31.1 Å². The van der Waals surface area contributed by atoms with E-state index in [-0.39, 0.29) is 5.75 Å². The SMILES string of the molecule is CCN1CCC(CCOc2ccccc2C(F)(F)F)CC1. The zero-order valence-electron chi connectivity index (χ0n) is 12.3. The van der Waals surface area contributed by atoms with E-state index in [9.17, 15) is 13.2 Å². The molecule has 0 atom stereocenters. The number of rotatable bonds is 5. The van der Waals surface area contributed by atoms with Crippen LogP contribution in [0.1, 0.15) is 31.7 Å². The van der Waals surface area contributed by atoms with Gasteiger partial charge in [-0.2, -0.15) is 13.2 Å². The molecule has 1 saturated heterocycles. The number of nitrogens with zero attached hydrogens (tertiary/aromatic N) is 1. The molecule has 0 unspecified atom stereocenters. The summed E-state index contributed by atoms with van der Waals surface area (Å²) in [4.78, 5) is 2.40. The zero-order valence-corrected chi connectivity index (χ0v) is 12.3. The predicted octanol–water partition coefficient (Wildman–Crippen LogP) is 4.21. The van der Waals surface area contributed by atoms with Crippen molar-refractivity contribution in [3.63, 3.8) is 0 Å². The third-order valence-corrected chi connectivity index (χ3v) is 4.13. The Morgan fingerprint density at radius 2 is 1.86 bits per heavy atom. The summed E-state index contributed by atoms with van der Waals surface area (Å²) in [5.74, 6) is 0.502. The van der Waals surface area contributed by atoms with Gasteiger partial charge in [0, 0.05) is 0 Å². The Kier molecular flexibility index (Phi) is 5.51. The minimum absolute atomic E-state index is 0.0593. The van der Waals surface area contributed by atoms with Gasteiger partial charge in [0.05, 0.1) is 12.2 Å². The van der Waals surface area contributed by atoms with Crippen molar-refractivity contribution in [3.05, 3.63) is 29.8 Å². The fourth-order valence-electron chi connectivity index (χ4n) is 2.75. The van der Waals surface area contributed by atoms with Crippen LogP contribution < -0.4 is 4.74 Å². The van der Waals surface area contributed by atoms with Crippen LogP contribution >= 0.6 is 0 Å². The average Bonchev–Trinajstić information content (AvgIpc) is 2.47. The third kappa shape index (κ3) is 4.63. The van der Waals surface area contributed by atoms with Gasteiger partial charge in [-0.15, -0.1) is 0 Å². The molecule has 0 bridgehead atoms. The van der Waals surface area contributed by atoms with Crippen LogP contribution in [0.15, 0.2) is 24.3 Å². The van der Waals surface area contributed by atoms with Crippen molar-refractivity contribution in [2.75, 3.05) is 26.2 Å². The fourth-order valence-corrected chi connectivity index (χ4v) is 2.75. The first-order chi connectivity index (χ1) is 10.0. The molecular weight excluding hydrogens is 279 g/mol. The normalized spacial score (nSPS) is 17.9. The molecule has 2 rings (SSSR count). The first kappa shape index (κ1) is 16.1. The van der Waals surface area contributed by atoms with Crippen molar-refractivity contribution in [1.82, 2.24) is 4.90 Å². The van der Waals surface area contributed by atoms with E-state index >= 15 is 0 Å². The maximum Gasteiger partial charge on any atom is 0.419 e. The number of benzene rings is 1. The van der Waals surface area contributed by atoms with Crippen molar-refractivity contribution < 1.29 is 17.9 Å². The summed E-state index contributed by atoms with van der Waals surface area (Å²) in [7, 11) is 0. The first-order valence-corrected chi connectivity index (χ1v) is 7.52. The minimum atomic E-state index is -4.36. The number of alkyl halides is 3. The van der Waals surface area contributed by atoms with E-state index in [4.69, 9.17) is 4.74 Å². The number of likely N-dealkylation sites (tertiary alicyclic amines) is 1. The van der Waals surface area contributed by atoms with Crippen LogP contribution in [-0.2, 0) is 6.18 Å². The van der Waals surface area contributed by atoms with E-state index < -0.39 is 11.7 Å². The lowest BCUT2D eigenvalue weighted by Gasteiger charge is -2.31. The molecule has 1 fully saturated rings. The molecule has 5 heteroatoms. The van der Waals surface area contributed by atoms with Crippen molar-refractivity contribution in [2.45, 2.75) is 32.4 Å². The molecule has 0 spiro atoms. The van der Waals surface area contributed by atoms with E-state index in [0.717, 1.165) is 45.0 Å². The highest BCUT2D eigenvalue weighted by Gasteiger charge is 2.34. The van der Waals surface area contributed by atoms with E-state index in [2.05, 4.69) is 11.8 Å². The number of ether oxygens (including phenoxy) is 1. The van der Waals surface area contributed by atoms with Crippen molar-refractivity contribution in [3.8, 4) is 5.75 Å². The molecule has 1 aliphatic rings. The summed E-state index contributed by atoms with van der Waals surface area (Å²) in [5, 5.41) is 0. The molecule has 1 aliphatic heterocycles. The predicted molar refractivity (Wildman–Crippen MR) is 76.4 cm³/mol. The van der Waals surface area contributed by atoms with E-state index in [1.165, 1.54) is 12.1 Å². The van der Waals surface area contributed by atoms with Gasteiger partial charge in [0.15, 0.2) is 0 Å². The first-order valence-electron chi connectivity index (χ1n) is 7.52. The Hall–Kier alpha value is -1.23. The summed E-state index contributed by atoms with van der Waals surface area (Å²) in [6.45, 7) is 5.74. The quantitative estimate of drug-likeness (QED) is 0.808. The van der Waals surface area contributed by atoms with E-state index in [0.29, 0.717) is 12.5 Å². The van der Waals surface area contributed by atoms with Crippen LogP contribution in [0.4, 0.5) is 13.2 Å². The standard InChI is InChI=1S/C16H22F3NO/c1-2-20-10-7-13(8-11-20)9-12-21-15-6-4-3-5-14(15)16(17,18)19/h3-6,13H,2,7-12H2,1H3. The Morgan fingerprint density at radius 1 is 1.19 bits per heavy atom. The van der Waals surface area contributed by atoms with Crippen LogP contribution in [0.5, 0.6) is 5.75 Å². The number of halogens is 3. The lowest BCUT2D eigenvalue weighted by atomic mass is 9.94. The summed E-state index contributed by atoms with van der Waals surface area (Å²) in [5.41, 5.74) is -0.689. The van der Waals surface area contributed by atoms with Gasteiger partial charge in [-0.05, 0) is 56.9 Å². The highest BCUT2D eigenvalue weighted by Crippen LogP contribution is 2.36. The van der Waals surface area contributed by atoms with Crippen molar-refractivity contribution in [1.29, 1.82) is 0 Å². The van der Waals surface area contributed by atoms with Gasteiger partial charge in [0.25, 0.3) is 0 Å². The molecule has 1 aromatic rings. The highest BCUT2D eigenvalue weighted by molar-refractivity contribution is 5.35. The van der Waals surface area contributed by atoms with Gasteiger partial charge in [-0.25, -0.2) is 0 Å². The minimum Gasteiger partial charge on any atom is -0.493 e. The number of hydrogen-bond donors (Lipinski definition) is 0. The molecule has 0 saturated carbocycles. The Bertz CT molecular complexity index is 439. The Labute approximate surface area is 123 Å². The molecule has 1 aromatic carbocycles. The van der Waals surface area contributed by atoms with Gasteiger partial charge in [-0.3, -0.25) is 0 Å². The molecule has 0 aromatic heterocycles. The Morgan fingerprint density at radius 3 is 2.48 bits per heavy atom. The second kappa shape index (κ2) is 7.16. The van der Waals surface area contributed by atoms with Crippen LogP contribution in [0.2, 0.25) is 0 Å². The zero-order chi connectivity index (χ0) is 15.3. The van der Waals surface area contributed by atoms with Gasteiger partial charge in [-0.1, -0.05) is 19.1 Å². The molecular formula is C16H22F3NO. The molecule has 0 aliphatic carbocycles. The lowest BCUT2D eigenvalue weighted by Crippen LogP contribution is -2.33. The summed E-state index contributed by atoms with van der Waals surface area (Å²) in [6.07, 6.45) is -1.32. The molecule has 21 heavy (non-hydrogen) atoms. The van der Waals surface area contributed by atoms with Crippen molar-refractivity contribution >= 4 is 0 Å². The van der Waals surface area contributed by atoms with Gasteiger partial charge in [0.1, 0.15) is 5.75 Å². The van der Waals surface area contributed by atoms with Gasteiger partial charge in [0.2, 0.25) is 0 Å².